The summed E-state index contributed by atoms with van der Waals surface area (Å²) in [5.74, 6) is -0.282. The molecule has 1 aliphatic heterocycles. The molecule has 0 spiro atoms. The van der Waals surface area contributed by atoms with E-state index < -0.39 is 16.1 Å². The Kier molecular flexibility index (Phi) is 5.74. The third-order valence-electron chi connectivity index (χ3n) is 4.72. The molecule has 1 atom stereocenters. The van der Waals surface area contributed by atoms with Crippen LogP contribution in [-0.4, -0.2) is 31.2 Å². The third kappa shape index (κ3) is 4.25. The van der Waals surface area contributed by atoms with E-state index in [1.54, 1.807) is 25.1 Å². The maximum absolute atomic E-state index is 13.2. The van der Waals surface area contributed by atoms with Gasteiger partial charge in [-0.3, -0.25) is 4.79 Å². The van der Waals surface area contributed by atoms with Crippen LogP contribution >= 0.6 is 15.9 Å². The first-order valence-corrected chi connectivity index (χ1v) is 11.1. The normalized spacial score (nSPS) is 17.9. The van der Waals surface area contributed by atoms with Crippen LogP contribution in [0.4, 0.5) is 5.69 Å². The maximum atomic E-state index is 13.2. The Morgan fingerprint density at radius 2 is 1.78 bits per heavy atom. The third-order valence-corrected chi connectivity index (χ3v) is 7.28. The molecule has 1 saturated heterocycles. The Balaban J connectivity index is 1.86. The molecule has 0 radical (unpaired) electrons. The van der Waals surface area contributed by atoms with Gasteiger partial charge < -0.3 is 5.32 Å². The minimum Gasteiger partial charge on any atom is -0.325 e. The maximum Gasteiger partial charge on any atom is 0.244 e. The monoisotopic (exact) mass is 450 g/mol. The van der Waals surface area contributed by atoms with Crippen LogP contribution in [0.5, 0.6) is 0 Å². The molecule has 1 heterocycles. The second-order valence-corrected chi connectivity index (χ2v) is 9.82. The Bertz CT molecular complexity index is 968. The van der Waals surface area contributed by atoms with E-state index in [9.17, 15) is 13.2 Å². The average molecular weight is 451 g/mol. The van der Waals surface area contributed by atoms with Crippen LogP contribution in [0.15, 0.2) is 45.8 Å². The van der Waals surface area contributed by atoms with Crippen molar-refractivity contribution in [3.8, 4) is 0 Å². The van der Waals surface area contributed by atoms with E-state index in [1.165, 1.54) is 4.31 Å². The fourth-order valence-electron chi connectivity index (χ4n) is 3.59. The zero-order valence-corrected chi connectivity index (χ0v) is 18.0. The highest BCUT2D eigenvalue weighted by molar-refractivity contribution is 9.10. The number of carbonyl (C=O) groups excluding carboxylic acids is 1. The molecule has 0 aromatic heterocycles. The molecular weight excluding hydrogens is 428 g/mol. The first-order valence-electron chi connectivity index (χ1n) is 8.85. The van der Waals surface area contributed by atoms with Crippen molar-refractivity contribution in [3.05, 3.63) is 57.6 Å². The lowest BCUT2D eigenvalue weighted by Crippen LogP contribution is -2.43. The zero-order valence-electron chi connectivity index (χ0n) is 15.6. The van der Waals surface area contributed by atoms with Crippen LogP contribution in [0.2, 0.25) is 0 Å². The average Bonchev–Trinajstić information content (AvgIpc) is 3.04. The topological polar surface area (TPSA) is 66.5 Å². The number of benzene rings is 2. The number of hydrogen-bond donors (Lipinski definition) is 1. The van der Waals surface area contributed by atoms with Gasteiger partial charge in [0.15, 0.2) is 0 Å². The summed E-state index contributed by atoms with van der Waals surface area (Å²) in [6, 6.07) is 10.2. The summed E-state index contributed by atoms with van der Waals surface area (Å²) < 4.78 is 28.5. The summed E-state index contributed by atoms with van der Waals surface area (Å²) >= 11 is 3.36. The summed E-state index contributed by atoms with van der Waals surface area (Å²) in [5, 5.41) is 2.89. The lowest BCUT2D eigenvalue weighted by Gasteiger charge is -2.24. The van der Waals surface area contributed by atoms with Crippen molar-refractivity contribution in [3.63, 3.8) is 0 Å². The molecule has 1 fully saturated rings. The number of hydrogen-bond acceptors (Lipinski definition) is 3. The highest BCUT2D eigenvalue weighted by Gasteiger charge is 2.40. The SMILES string of the molecule is Cc1cc(C)cc(NC(=O)[C@@H]2CCCN2S(=O)(=O)c2ccc(Br)cc2C)c1. The van der Waals surface area contributed by atoms with Crippen molar-refractivity contribution in [1.29, 1.82) is 0 Å². The lowest BCUT2D eigenvalue weighted by molar-refractivity contribution is -0.119. The molecule has 27 heavy (non-hydrogen) atoms. The van der Waals surface area contributed by atoms with Gasteiger partial charge in [0.25, 0.3) is 0 Å². The summed E-state index contributed by atoms with van der Waals surface area (Å²) in [6.45, 7) is 6.04. The molecule has 1 N–H and O–H groups in total. The van der Waals surface area contributed by atoms with E-state index in [-0.39, 0.29) is 10.8 Å². The molecule has 3 rings (SSSR count). The number of anilines is 1. The molecule has 5 nitrogen and oxygen atoms in total. The predicted molar refractivity (Wildman–Crippen MR) is 110 cm³/mol. The molecule has 7 heteroatoms. The van der Waals surface area contributed by atoms with Gasteiger partial charge in [0.1, 0.15) is 6.04 Å². The van der Waals surface area contributed by atoms with Crippen molar-refractivity contribution in [2.45, 2.75) is 44.6 Å². The van der Waals surface area contributed by atoms with E-state index >= 15 is 0 Å². The van der Waals surface area contributed by atoms with Crippen molar-refractivity contribution < 1.29 is 13.2 Å². The smallest absolute Gasteiger partial charge is 0.244 e. The van der Waals surface area contributed by atoms with Gasteiger partial charge in [0.2, 0.25) is 15.9 Å². The number of carbonyl (C=O) groups is 1. The largest absolute Gasteiger partial charge is 0.325 e. The number of sulfonamides is 1. The van der Waals surface area contributed by atoms with Crippen LogP contribution in [0.25, 0.3) is 0 Å². The highest BCUT2D eigenvalue weighted by Crippen LogP contribution is 2.30. The summed E-state index contributed by atoms with van der Waals surface area (Å²) in [4.78, 5) is 13.1. The number of nitrogens with zero attached hydrogens (tertiary/aromatic N) is 1. The second kappa shape index (κ2) is 7.73. The van der Waals surface area contributed by atoms with Crippen molar-refractivity contribution in [1.82, 2.24) is 4.31 Å². The van der Waals surface area contributed by atoms with Crippen LogP contribution in [0.1, 0.15) is 29.5 Å². The van der Waals surface area contributed by atoms with Gasteiger partial charge in [-0.15, -0.1) is 0 Å². The van der Waals surface area contributed by atoms with Gasteiger partial charge in [-0.2, -0.15) is 4.31 Å². The van der Waals surface area contributed by atoms with E-state index in [0.717, 1.165) is 15.6 Å². The van der Waals surface area contributed by atoms with Gasteiger partial charge in [-0.25, -0.2) is 8.42 Å². The molecule has 1 aliphatic rings. The Morgan fingerprint density at radius 3 is 2.41 bits per heavy atom. The predicted octanol–water partition coefficient (Wildman–Crippen LogP) is 4.17. The minimum atomic E-state index is -3.74. The zero-order chi connectivity index (χ0) is 19.8. The van der Waals surface area contributed by atoms with Gasteiger partial charge in [-0.05, 0) is 80.6 Å². The van der Waals surface area contributed by atoms with Gasteiger partial charge in [0, 0.05) is 16.7 Å². The van der Waals surface area contributed by atoms with E-state index in [1.807, 2.05) is 32.0 Å². The van der Waals surface area contributed by atoms with Crippen molar-refractivity contribution in [2.75, 3.05) is 11.9 Å². The standard InChI is InChI=1S/C20H23BrN2O3S/c1-13-9-14(2)11-17(10-13)22-20(24)18-5-4-8-23(18)27(25,26)19-7-6-16(21)12-15(19)3/h6-7,9-12,18H,4-5,8H2,1-3H3,(H,22,24)/t18-/m0/s1. The molecule has 2 aromatic rings. The van der Waals surface area contributed by atoms with Crippen LogP contribution in [0, 0.1) is 20.8 Å². The first kappa shape index (κ1) is 20.0. The quantitative estimate of drug-likeness (QED) is 0.759. The highest BCUT2D eigenvalue weighted by atomic mass is 79.9. The number of halogens is 1. The fraction of sp³-hybridized carbons (Fsp3) is 0.350. The van der Waals surface area contributed by atoms with Crippen LogP contribution in [0.3, 0.4) is 0 Å². The van der Waals surface area contributed by atoms with E-state index in [2.05, 4.69) is 21.2 Å². The second-order valence-electron chi connectivity index (χ2n) is 7.05. The Hall–Kier alpha value is -1.70. The van der Waals surface area contributed by atoms with E-state index in [4.69, 9.17) is 0 Å². The van der Waals surface area contributed by atoms with Crippen LogP contribution < -0.4 is 5.32 Å². The van der Waals surface area contributed by atoms with Crippen molar-refractivity contribution >= 4 is 37.5 Å². The fourth-order valence-corrected chi connectivity index (χ4v) is 5.93. The number of rotatable bonds is 4. The van der Waals surface area contributed by atoms with Gasteiger partial charge in [-0.1, -0.05) is 22.0 Å². The Morgan fingerprint density at radius 1 is 1.11 bits per heavy atom. The molecule has 2 aromatic carbocycles. The van der Waals surface area contributed by atoms with Gasteiger partial charge in [0.05, 0.1) is 4.90 Å². The Labute approximate surface area is 169 Å². The van der Waals surface area contributed by atoms with Crippen molar-refractivity contribution in [2.24, 2.45) is 0 Å². The molecule has 1 amide bonds. The molecule has 0 saturated carbocycles. The lowest BCUT2D eigenvalue weighted by atomic mass is 10.1. The number of amides is 1. The summed E-state index contributed by atoms with van der Waals surface area (Å²) in [5.41, 5.74) is 3.45. The number of nitrogens with one attached hydrogen (secondary N) is 1. The van der Waals surface area contributed by atoms with Gasteiger partial charge >= 0.3 is 0 Å². The molecular formula is C20H23BrN2O3S. The summed E-state index contributed by atoms with van der Waals surface area (Å²) in [7, 11) is -3.74. The minimum absolute atomic E-state index is 0.247. The summed E-state index contributed by atoms with van der Waals surface area (Å²) in [6.07, 6.45) is 1.19. The first-order chi connectivity index (χ1) is 12.7. The number of aryl methyl sites for hydroxylation is 3. The molecule has 144 valence electrons. The molecule has 0 aliphatic carbocycles. The molecule has 0 bridgehead atoms. The van der Waals surface area contributed by atoms with Crippen LogP contribution in [-0.2, 0) is 14.8 Å². The molecule has 0 unspecified atom stereocenters. The van der Waals surface area contributed by atoms with E-state index in [0.29, 0.717) is 30.6 Å².